The van der Waals surface area contributed by atoms with E-state index in [4.69, 9.17) is 10.5 Å². The maximum absolute atomic E-state index is 6.00. The van der Waals surface area contributed by atoms with Crippen molar-refractivity contribution in [1.29, 1.82) is 0 Å². The van der Waals surface area contributed by atoms with Crippen molar-refractivity contribution in [2.45, 2.75) is 18.4 Å². The Hall–Kier alpha value is -1.17. The summed E-state index contributed by atoms with van der Waals surface area (Å²) in [5, 5.41) is 5.85. The highest BCUT2D eigenvalue weighted by Crippen LogP contribution is 2.31. The fraction of sp³-hybridized carbons (Fsp3) is 0.400. The molecule has 0 atom stereocenters. The van der Waals surface area contributed by atoms with Crippen LogP contribution in [0.5, 0.6) is 0 Å². The van der Waals surface area contributed by atoms with E-state index < -0.39 is 0 Å². The summed E-state index contributed by atoms with van der Waals surface area (Å²) in [5.41, 5.74) is 5.90. The molecule has 0 amide bonds. The first-order chi connectivity index (χ1) is 9.74. The fourth-order valence-electron chi connectivity index (χ4n) is 2.66. The third kappa shape index (κ3) is 2.53. The quantitative estimate of drug-likeness (QED) is 0.905. The van der Waals surface area contributed by atoms with Crippen molar-refractivity contribution < 1.29 is 4.74 Å². The van der Waals surface area contributed by atoms with E-state index >= 15 is 0 Å². The Kier molecular flexibility index (Phi) is 3.92. The van der Waals surface area contributed by atoms with Crippen LogP contribution < -0.4 is 11.1 Å². The van der Waals surface area contributed by atoms with E-state index in [0.717, 1.165) is 47.1 Å². The minimum absolute atomic E-state index is 0.109. The Labute approximate surface area is 126 Å². The van der Waals surface area contributed by atoms with Gasteiger partial charge in [0, 0.05) is 41.2 Å². The van der Waals surface area contributed by atoms with Gasteiger partial charge in [-0.3, -0.25) is 0 Å². The molecule has 3 rings (SSSR count). The van der Waals surface area contributed by atoms with Crippen LogP contribution in [0.2, 0.25) is 0 Å². The number of hydrogen-bond acceptors (Lipinski definition) is 4. The Morgan fingerprint density at radius 3 is 2.80 bits per heavy atom. The van der Waals surface area contributed by atoms with E-state index in [2.05, 4.69) is 32.3 Å². The number of halogens is 1. The molecule has 106 valence electrons. The highest BCUT2D eigenvalue weighted by atomic mass is 79.9. The van der Waals surface area contributed by atoms with Gasteiger partial charge in [0.1, 0.15) is 5.82 Å². The summed E-state index contributed by atoms with van der Waals surface area (Å²) in [7, 11) is 0. The van der Waals surface area contributed by atoms with Crippen molar-refractivity contribution in [2.75, 3.05) is 25.1 Å². The van der Waals surface area contributed by atoms with Gasteiger partial charge < -0.3 is 15.8 Å². The van der Waals surface area contributed by atoms with Crippen LogP contribution in [0, 0.1) is 0 Å². The number of nitrogens with zero attached hydrogens (tertiary/aromatic N) is 1. The van der Waals surface area contributed by atoms with E-state index in [9.17, 15) is 0 Å². The van der Waals surface area contributed by atoms with E-state index in [-0.39, 0.29) is 5.54 Å². The lowest BCUT2D eigenvalue weighted by Crippen LogP contribution is -2.49. The van der Waals surface area contributed by atoms with Gasteiger partial charge in [-0.25, -0.2) is 4.98 Å². The van der Waals surface area contributed by atoms with E-state index in [1.807, 2.05) is 24.4 Å². The molecule has 0 spiro atoms. The van der Waals surface area contributed by atoms with Crippen LogP contribution in [0.25, 0.3) is 10.8 Å². The second-order valence-corrected chi connectivity index (χ2v) is 6.07. The first kappa shape index (κ1) is 13.8. The highest BCUT2D eigenvalue weighted by molar-refractivity contribution is 9.10. The lowest BCUT2D eigenvalue weighted by molar-refractivity contribution is 0.0627. The number of anilines is 1. The van der Waals surface area contributed by atoms with Crippen molar-refractivity contribution in [3.63, 3.8) is 0 Å². The van der Waals surface area contributed by atoms with E-state index in [0.29, 0.717) is 6.54 Å². The zero-order valence-electron chi connectivity index (χ0n) is 11.2. The molecule has 5 heteroatoms. The summed E-state index contributed by atoms with van der Waals surface area (Å²) >= 11 is 3.59. The molecular weight excluding hydrogens is 318 g/mol. The Morgan fingerprint density at radius 2 is 2.05 bits per heavy atom. The van der Waals surface area contributed by atoms with Gasteiger partial charge in [0.2, 0.25) is 0 Å². The van der Waals surface area contributed by atoms with Gasteiger partial charge in [0.25, 0.3) is 0 Å². The standard InChI is InChI=1S/C15H18BrN3O/c16-13-3-1-2-12-11(13)4-7-18-14(12)19-15(10-17)5-8-20-9-6-15/h1-4,7H,5-6,8-10,17H2,(H,18,19). The Morgan fingerprint density at radius 1 is 1.25 bits per heavy atom. The molecule has 3 N–H and O–H groups in total. The maximum Gasteiger partial charge on any atom is 0.134 e. The second-order valence-electron chi connectivity index (χ2n) is 5.22. The first-order valence-corrected chi connectivity index (χ1v) is 7.63. The summed E-state index contributed by atoms with van der Waals surface area (Å²) < 4.78 is 6.53. The van der Waals surface area contributed by atoms with Gasteiger partial charge in [0.05, 0.1) is 5.54 Å². The molecule has 1 aromatic heterocycles. The van der Waals surface area contributed by atoms with Crippen molar-refractivity contribution in [3.05, 3.63) is 34.9 Å². The van der Waals surface area contributed by atoms with Gasteiger partial charge in [-0.2, -0.15) is 0 Å². The van der Waals surface area contributed by atoms with E-state index in [1.165, 1.54) is 0 Å². The van der Waals surface area contributed by atoms with Crippen LogP contribution in [0.4, 0.5) is 5.82 Å². The number of ether oxygens (including phenoxy) is 1. The van der Waals surface area contributed by atoms with Crippen LogP contribution in [0.3, 0.4) is 0 Å². The topological polar surface area (TPSA) is 60.2 Å². The Balaban J connectivity index is 2.00. The molecular formula is C15H18BrN3O. The van der Waals surface area contributed by atoms with Gasteiger partial charge in [-0.1, -0.05) is 28.1 Å². The molecule has 1 saturated heterocycles. The van der Waals surface area contributed by atoms with Crippen LogP contribution in [-0.2, 0) is 4.74 Å². The molecule has 0 bridgehead atoms. The lowest BCUT2D eigenvalue weighted by atomic mass is 9.90. The van der Waals surface area contributed by atoms with Gasteiger partial charge in [0.15, 0.2) is 0 Å². The molecule has 0 saturated carbocycles. The molecule has 1 fully saturated rings. The number of hydrogen-bond donors (Lipinski definition) is 2. The van der Waals surface area contributed by atoms with Gasteiger partial charge in [-0.15, -0.1) is 0 Å². The zero-order chi connectivity index (χ0) is 14.0. The average molecular weight is 336 g/mol. The number of benzene rings is 1. The predicted octanol–water partition coefficient (Wildman–Crippen LogP) is 2.92. The zero-order valence-corrected chi connectivity index (χ0v) is 12.8. The average Bonchev–Trinajstić information content (AvgIpc) is 2.49. The molecule has 1 aliphatic heterocycles. The maximum atomic E-state index is 6.00. The summed E-state index contributed by atoms with van der Waals surface area (Å²) in [5.74, 6) is 0.899. The molecule has 2 aromatic rings. The van der Waals surface area contributed by atoms with Crippen molar-refractivity contribution in [1.82, 2.24) is 4.98 Å². The minimum Gasteiger partial charge on any atom is -0.381 e. The third-order valence-corrected chi connectivity index (χ3v) is 4.67. The summed E-state index contributed by atoms with van der Waals surface area (Å²) in [4.78, 5) is 4.51. The van der Waals surface area contributed by atoms with Gasteiger partial charge in [-0.05, 0) is 25.0 Å². The molecule has 1 aliphatic rings. The number of rotatable bonds is 3. The molecule has 0 aliphatic carbocycles. The Bertz CT molecular complexity index is 611. The predicted molar refractivity (Wildman–Crippen MR) is 84.9 cm³/mol. The molecule has 0 unspecified atom stereocenters. The van der Waals surface area contributed by atoms with Crippen molar-refractivity contribution in [2.24, 2.45) is 5.73 Å². The van der Waals surface area contributed by atoms with Crippen LogP contribution in [0.1, 0.15) is 12.8 Å². The largest absolute Gasteiger partial charge is 0.381 e. The molecule has 4 nitrogen and oxygen atoms in total. The molecule has 1 aromatic carbocycles. The first-order valence-electron chi connectivity index (χ1n) is 6.83. The molecule has 20 heavy (non-hydrogen) atoms. The highest BCUT2D eigenvalue weighted by Gasteiger charge is 2.31. The summed E-state index contributed by atoms with van der Waals surface area (Å²) in [6, 6.07) is 8.17. The van der Waals surface area contributed by atoms with Crippen LogP contribution in [-0.4, -0.2) is 30.3 Å². The number of nitrogens with two attached hydrogens (primary N) is 1. The molecule has 0 radical (unpaired) electrons. The smallest absolute Gasteiger partial charge is 0.134 e. The third-order valence-electron chi connectivity index (χ3n) is 3.98. The van der Waals surface area contributed by atoms with Crippen molar-refractivity contribution in [3.8, 4) is 0 Å². The second kappa shape index (κ2) is 5.68. The normalized spacial score (nSPS) is 18.1. The lowest BCUT2D eigenvalue weighted by Gasteiger charge is -2.37. The monoisotopic (exact) mass is 335 g/mol. The molecule has 2 heterocycles. The summed E-state index contributed by atoms with van der Waals surface area (Å²) in [6.45, 7) is 2.08. The number of fused-ring (bicyclic) bond motifs is 1. The van der Waals surface area contributed by atoms with Crippen LogP contribution >= 0.6 is 15.9 Å². The number of pyridine rings is 1. The van der Waals surface area contributed by atoms with Crippen molar-refractivity contribution >= 4 is 32.5 Å². The fourth-order valence-corrected chi connectivity index (χ4v) is 3.16. The van der Waals surface area contributed by atoms with E-state index in [1.54, 1.807) is 0 Å². The summed E-state index contributed by atoms with van der Waals surface area (Å²) in [6.07, 6.45) is 3.66. The number of nitrogens with one attached hydrogen (secondary N) is 1. The number of aromatic nitrogens is 1. The SMILES string of the molecule is NCC1(Nc2nccc3c(Br)cccc23)CCOCC1. The minimum atomic E-state index is -0.109. The van der Waals surface area contributed by atoms with Crippen LogP contribution in [0.15, 0.2) is 34.9 Å². The van der Waals surface area contributed by atoms with Gasteiger partial charge >= 0.3 is 0 Å².